The molecule has 0 saturated carbocycles. The molecule has 1 fully saturated rings. The highest BCUT2D eigenvalue weighted by Crippen LogP contribution is 2.21. The maximum atomic E-state index is 11.9. The molecule has 0 radical (unpaired) electrons. The Morgan fingerprint density at radius 3 is 2.88 bits per heavy atom. The topological polar surface area (TPSA) is 74.3 Å². The Morgan fingerprint density at radius 1 is 1.28 bits per heavy atom. The van der Waals surface area contributed by atoms with Gasteiger partial charge < -0.3 is 10.6 Å². The molecule has 2 aromatic rings. The first kappa shape index (κ1) is 17.4. The van der Waals surface area contributed by atoms with Gasteiger partial charge >= 0.3 is 0 Å². The second-order valence-electron chi connectivity index (χ2n) is 6.58. The molecule has 0 aliphatic carbocycles. The summed E-state index contributed by atoms with van der Waals surface area (Å²) in [7, 11) is 1.70. The van der Waals surface area contributed by atoms with Crippen molar-refractivity contribution in [1.29, 1.82) is 0 Å². The van der Waals surface area contributed by atoms with E-state index in [4.69, 9.17) is 4.98 Å². The highest BCUT2D eigenvalue weighted by Gasteiger charge is 2.25. The molecule has 6 nitrogen and oxygen atoms in total. The van der Waals surface area contributed by atoms with Crippen molar-refractivity contribution in [2.24, 2.45) is 5.92 Å². The van der Waals surface area contributed by atoms with Crippen molar-refractivity contribution in [3.63, 3.8) is 0 Å². The fraction of sp³-hybridized carbons (Fsp3) is 0.421. The first-order chi connectivity index (χ1) is 12.0. The van der Waals surface area contributed by atoms with E-state index in [1.807, 2.05) is 30.3 Å². The molecule has 1 aliphatic heterocycles. The maximum absolute atomic E-state index is 11.9. The Balaban J connectivity index is 1.71. The molecule has 2 amide bonds. The Bertz CT molecular complexity index is 790. The van der Waals surface area contributed by atoms with Crippen LogP contribution in [0.3, 0.4) is 0 Å². The number of likely N-dealkylation sites (tertiary alicyclic amines) is 1. The normalized spacial score (nSPS) is 18.1. The number of piperidine rings is 1. The lowest BCUT2D eigenvalue weighted by atomic mass is 9.97. The van der Waals surface area contributed by atoms with Crippen LogP contribution in [0, 0.1) is 5.92 Å². The van der Waals surface area contributed by atoms with Crippen LogP contribution in [0.5, 0.6) is 0 Å². The number of pyridine rings is 1. The van der Waals surface area contributed by atoms with Crippen molar-refractivity contribution < 1.29 is 9.59 Å². The summed E-state index contributed by atoms with van der Waals surface area (Å²) in [5, 5.41) is 6.53. The highest BCUT2D eigenvalue weighted by molar-refractivity contribution is 5.92. The minimum absolute atomic E-state index is 0.0689. The minimum atomic E-state index is -0.0836. The van der Waals surface area contributed by atoms with E-state index in [1.54, 1.807) is 7.05 Å². The Hall–Kier alpha value is -2.47. The minimum Gasteiger partial charge on any atom is -0.359 e. The third-order valence-corrected chi connectivity index (χ3v) is 4.58. The average Bonchev–Trinajstić information content (AvgIpc) is 2.61. The summed E-state index contributed by atoms with van der Waals surface area (Å²) in [5.74, 6) is 0.112. The summed E-state index contributed by atoms with van der Waals surface area (Å²) < 4.78 is 0. The zero-order valence-electron chi connectivity index (χ0n) is 14.7. The number of nitrogens with zero attached hydrogens (tertiary/aromatic N) is 2. The van der Waals surface area contributed by atoms with Crippen molar-refractivity contribution in [2.75, 3.05) is 25.5 Å². The van der Waals surface area contributed by atoms with Crippen LogP contribution in [0.4, 0.5) is 5.69 Å². The summed E-state index contributed by atoms with van der Waals surface area (Å²) >= 11 is 0. The van der Waals surface area contributed by atoms with Gasteiger partial charge in [-0.25, -0.2) is 0 Å². The molecule has 1 aliphatic rings. The quantitative estimate of drug-likeness (QED) is 0.894. The van der Waals surface area contributed by atoms with Crippen molar-refractivity contribution in [3.8, 4) is 0 Å². The summed E-state index contributed by atoms with van der Waals surface area (Å²) in [6.07, 6.45) is 1.99. The van der Waals surface area contributed by atoms with E-state index in [0.29, 0.717) is 0 Å². The van der Waals surface area contributed by atoms with Crippen LogP contribution in [0.25, 0.3) is 10.9 Å². The van der Waals surface area contributed by atoms with E-state index in [0.717, 1.165) is 54.8 Å². The fourth-order valence-corrected chi connectivity index (χ4v) is 3.38. The van der Waals surface area contributed by atoms with Crippen LogP contribution in [-0.4, -0.2) is 41.8 Å². The van der Waals surface area contributed by atoms with Crippen LogP contribution in [-0.2, 0) is 16.1 Å². The van der Waals surface area contributed by atoms with Gasteiger partial charge in [-0.2, -0.15) is 0 Å². The number of carbonyl (C=O) groups is 2. The van der Waals surface area contributed by atoms with Gasteiger partial charge in [-0.05, 0) is 43.7 Å². The van der Waals surface area contributed by atoms with E-state index in [2.05, 4.69) is 15.5 Å². The fourth-order valence-electron chi connectivity index (χ4n) is 3.38. The lowest BCUT2D eigenvalue weighted by Gasteiger charge is -2.31. The summed E-state index contributed by atoms with van der Waals surface area (Å²) in [6.45, 7) is 4.02. The number of hydrogen-bond acceptors (Lipinski definition) is 4. The molecule has 3 rings (SSSR count). The lowest BCUT2D eigenvalue weighted by Crippen LogP contribution is -2.41. The Labute approximate surface area is 147 Å². The van der Waals surface area contributed by atoms with E-state index >= 15 is 0 Å². The summed E-state index contributed by atoms with van der Waals surface area (Å²) in [6, 6.07) is 9.76. The van der Waals surface area contributed by atoms with Gasteiger partial charge in [-0.1, -0.05) is 6.07 Å². The van der Waals surface area contributed by atoms with Gasteiger partial charge in [0.1, 0.15) is 0 Å². The number of rotatable bonds is 4. The number of nitrogens with one attached hydrogen (secondary N) is 2. The molecule has 1 aromatic heterocycles. The van der Waals surface area contributed by atoms with Crippen LogP contribution in [0.1, 0.15) is 25.5 Å². The van der Waals surface area contributed by atoms with Gasteiger partial charge in [0.05, 0.1) is 17.1 Å². The first-order valence-electron chi connectivity index (χ1n) is 8.66. The standard InChI is InChI=1S/C19H24N4O2/c1-13(24)21-16-7-8-18-14(10-16)5-6-17(22-18)12-23-9-3-4-15(11-23)19(25)20-2/h5-8,10,15H,3-4,9,11-12H2,1-2H3,(H,20,25)(H,21,24). The predicted molar refractivity (Wildman–Crippen MR) is 98.1 cm³/mol. The van der Waals surface area contributed by atoms with Crippen molar-refractivity contribution in [2.45, 2.75) is 26.3 Å². The highest BCUT2D eigenvalue weighted by atomic mass is 16.2. The largest absolute Gasteiger partial charge is 0.359 e. The number of benzene rings is 1. The molecule has 1 atom stereocenters. The Morgan fingerprint density at radius 2 is 2.12 bits per heavy atom. The second kappa shape index (κ2) is 7.61. The van der Waals surface area contributed by atoms with Crippen molar-refractivity contribution in [3.05, 3.63) is 36.0 Å². The van der Waals surface area contributed by atoms with Gasteiger partial charge in [-0.3, -0.25) is 19.5 Å². The monoisotopic (exact) mass is 340 g/mol. The SMILES string of the molecule is CNC(=O)C1CCCN(Cc2ccc3cc(NC(C)=O)ccc3n2)C1. The van der Waals surface area contributed by atoms with Gasteiger partial charge in [0.2, 0.25) is 11.8 Å². The smallest absolute Gasteiger partial charge is 0.224 e. The number of fused-ring (bicyclic) bond motifs is 1. The van der Waals surface area contributed by atoms with E-state index in [-0.39, 0.29) is 17.7 Å². The van der Waals surface area contributed by atoms with Gasteiger partial charge in [-0.15, -0.1) is 0 Å². The number of anilines is 1. The Kier molecular flexibility index (Phi) is 5.28. The van der Waals surface area contributed by atoms with Crippen LogP contribution < -0.4 is 10.6 Å². The zero-order valence-corrected chi connectivity index (χ0v) is 14.7. The van der Waals surface area contributed by atoms with E-state index in [1.165, 1.54) is 6.92 Å². The molecule has 1 aromatic carbocycles. The number of carbonyl (C=O) groups excluding carboxylic acids is 2. The lowest BCUT2D eigenvalue weighted by molar-refractivity contribution is -0.126. The van der Waals surface area contributed by atoms with Crippen LogP contribution in [0.15, 0.2) is 30.3 Å². The molecular weight excluding hydrogens is 316 g/mol. The van der Waals surface area contributed by atoms with E-state index < -0.39 is 0 Å². The van der Waals surface area contributed by atoms with Crippen molar-refractivity contribution in [1.82, 2.24) is 15.2 Å². The third-order valence-electron chi connectivity index (χ3n) is 4.58. The van der Waals surface area contributed by atoms with Crippen molar-refractivity contribution >= 4 is 28.4 Å². The van der Waals surface area contributed by atoms with Gasteiger partial charge in [0, 0.05) is 38.1 Å². The first-order valence-corrected chi connectivity index (χ1v) is 8.66. The van der Waals surface area contributed by atoms with E-state index in [9.17, 15) is 9.59 Å². The molecule has 1 unspecified atom stereocenters. The summed E-state index contributed by atoms with van der Waals surface area (Å²) in [5.41, 5.74) is 2.68. The molecule has 6 heteroatoms. The summed E-state index contributed by atoms with van der Waals surface area (Å²) in [4.78, 5) is 30.0. The predicted octanol–water partition coefficient (Wildman–Crippen LogP) is 2.15. The number of hydrogen-bond donors (Lipinski definition) is 2. The second-order valence-corrected chi connectivity index (χ2v) is 6.58. The van der Waals surface area contributed by atoms with Crippen LogP contribution >= 0.6 is 0 Å². The van der Waals surface area contributed by atoms with Gasteiger partial charge in [0.25, 0.3) is 0 Å². The molecule has 2 heterocycles. The maximum Gasteiger partial charge on any atom is 0.224 e. The number of amides is 2. The zero-order chi connectivity index (χ0) is 17.8. The molecule has 0 spiro atoms. The molecular formula is C19H24N4O2. The van der Waals surface area contributed by atoms with Crippen LogP contribution in [0.2, 0.25) is 0 Å². The third kappa shape index (κ3) is 4.33. The molecule has 1 saturated heterocycles. The molecule has 132 valence electrons. The number of aromatic nitrogens is 1. The van der Waals surface area contributed by atoms with Gasteiger partial charge in [0.15, 0.2) is 0 Å². The average molecular weight is 340 g/mol. The molecule has 2 N–H and O–H groups in total. The molecule has 25 heavy (non-hydrogen) atoms. The molecule has 0 bridgehead atoms.